The topological polar surface area (TPSA) is 133 Å². The van der Waals surface area contributed by atoms with E-state index in [-0.39, 0.29) is 18.1 Å². The van der Waals surface area contributed by atoms with Gasteiger partial charge in [0.25, 0.3) is 0 Å². The highest BCUT2D eigenvalue weighted by molar-refractivity contribution is 6.00. The highest BCUT2D eigenvalue weighted by Gasteiger charge is 2.36. The minimum Gasteiger partial charge on any atom is -0.493 e. The Labute approximate surface area is 398 Å². The fourth-order valence-corrected chi connectivity index (χ4v) is 7.23. The number of rotatable bonds is 25. The van der Waals surface area contributed by atoms with Crippen LogP contribution >= 0.6 is 0 Å². The summed E-state index contributed by atoms with van der Waals surface area (Å²) < 4.78 is 64.3. The molecule has 0 amide bonds. The molecule has 67 heavy (non-hydrogen) atoms. The number of alkyl halides is 3. The van der Waals surface area contributed by atoms with Crippen LogP contribution in [0, 0.1) is 17.2 Å². The van der Waals surface area contributed by atoms with E-state index in [1.54, 1.807) is 35.5 Å². The number of nitrogens with two attached hydrogens (primary N) is 1. The van der Waals surface area contributed by atoms with E-state index in [0.29, 0.717) is 42.3 Å². The van der Waals surface area contributed by atoms with Crippen molar-refractivity contribution in [1.29, 1.82) is 5.26 Å². The zero-order valence-corrected chi connectivity index (χ0v) is 41.7. The molecule has 0 radical (unpaired) electrons. The van der Waals surface area contributed by atoms with Gasteiger partial charge in [-0.15, -0.1) is 0 Å². The summed E-state index contributed by atoms with van der Waals surface area (Å²) in [5.41, 5.74) is 9.05. The maximum atomic E-state index is 12.6. The number of nitriles is 1. The normalized spacial score (nSPS) is 12.5. The third kappa shape index (κ3) is 19.8. The van der Waals surface area contributed by atoms with Crippen LogP contribution in [0.25, 0.3) is 0 Å². The summed E-state index contributed by atoms with van der Waals surface area (Å²) in [5.74, 6) is 2.99. The number of ether oxygens (including phenoxy) is 5. The summed E-state index contributed by atoms with van der Waals surface area (Å²) >= 11 is 0. The van der Waals surface area contributed by atoms with Gasteiger partial charge in [0.05, 0.1) is 51.2 Å². The maximum Gasteiger partial charge on any atom is 0.416 e. The van der Waals surface area contributed by atoms with Crippen molar-refractivity contribution in [1.82, 2.24) is 10.2 Å². The molecule has 0 aliphatic rings. The second-order valence-corrected chi connectivity index (χ2v) is 17.1. The van der Waals surface area contributed by atoms with E-state index < -0.39 is 17.2 Å². The molecule has 0 bridgehead atoms. The van der Waals surface area contributed by atoms with E-state index in [2.05, 4.69) is 92.6 Å². The molecule has 11 nitrogen and oxygen atoms in total. The molecule has 4 aromatic rings. The van der Waals surface area contributed by atoms with E-state index in [4.69, 9.17) is 34.3 Å². The SMILES string of the molecule is CNC(C)(C)Cc1ccccc1.COCCCC/C(=N\OCCN)c1ccc(C(F)(F)F)cc1.COc1ccc(CCN(C)CCCC(C#N)(c2ccc(OC)c(OC)c2)C(C)C)cc1OC. The Hall–Kier alpha value is -5.33. The molecule has 0 saturated carbocycles. The van der Waals surface area contributed by atoms with Crippen LogP contribution in [0.2, 0.25) is 0 Å². The molecule has 0 heterocycles. The molecule has 14 heteroatoms. The van der Waals surface area contributed by atoms with Crippen molar-refractivity contribution >= 4 is 5.71 Å². The zero-order chi connectivity index (χ0) is 49.9. The first-order valence-electron chi connectivity index (χ1n) is 22.8. The Morgan fingerprint density at radius 3 is 1.88 bits per heavy atom. The van der Waals surface area contributed by atoms with Gasteiger partial charge in [-0.05, 0) is 144 Å². The van der Waals surface area contributed by atoms with Gasteiger partial charge in [0.2, 0.25) is 0 Å². The molecule has 4 rings (SSSR count). The molecule has 0 fully saturated rings. The number of likely N-dealkylation sites (N-methyl/N-ethyl adjacent to an activating group) is 2. The molecule has 1 unspecified atom stereocenters. The van der Waals surface area contributed by atoms with Gasteiger partial charge in [0.1, 0.15) is 6.61 Å². The molecule has 0 aliphatic heterocycles. The summed E-state index contributed by atoms with van der Waals surface area (Å²) in [6.45, 7) is 11.7. The summed E-state index contributed by atoms with van der Waals surface area (Å²) in [7, 11) is 12.3. The number of nitrogens with one attached hydrogen (secondary N) is 1. The van der Waals surface area contributed by atoms with E-state index in [0.717, 1.165) is 80.8 Å². The highest BCUT2D eigenvalue weighted by Crippen LogP contribution is 2.40. The molecular formula is C53H76F3N5O6. The number of oxime groups is 1. The van der Waals surface area contributed by atoms with Crippen molar-refractivity contribution in [3.63, 3.8) is 0 Å². The van der Waals surface area contributed by atoms with E-state index >= 15 is 0 Å². The lowest BCUT2D eigenvalue weighted by molar-refractivity contribution is -0.137. The average Bonchev–Trinajstić information content (AvgIpc) is 3.33. The van der Waals surface area contributed by atoms with Gasteiger partial charge >= 0.3 is 6.18 Å². The predicted molar refractivity (Wildman–Crippen MR) is 264 cm³/mol. The Morgan fingerprint density at radius 1 is 0.746 bits per heavy atom. The standard InChI is InChI=1S/C27H38N2O4.C15H21F3N2O2.C11H17N/c1-20(2)27(19-28,22-10-12-24(31-5)26(18-22)33-7)14-8-15-29(3)16-13-21-9-11-23(30-4)25(17-21)32-6;1-21-10-3-2-4-14(20-22-11-9-19)12-5-7-13(8-6-12)15(16,17)18;1-11(2,12-3)9-10-7-5-4-6-8-10/h9-12,17-18,20H,8,13-16H2,1-7H3;5-8H,2-4,9-11,19H2,1H3;4-8,12H,9H2,1-3H3/b;20-14+;. The quantitative estimate of drug-likeness (QED) is 0.0376. The van der Waals surface area contributed by atoms with Crippen LogP contribution in [-0.4, -0.2) is 98.6 Å². The summed E-state index contributed by atoms with van der Waals surface area (Å²) in [6, 6.07) is 30.0. The second-order valence-electron chi connectivity index (χ2n) is 17.1. The minimum absolute atomic E-state index is 0.165. The van der Waals surface area contributed by atoms with E-state index in [1.807, 2.05) is 37.4 Å². The van der Waals surface area contributed by atoms with Crippen LogP contribution < -0.4 is 30.0 Å². The smallest absolute Gasteiger partial charge is 0.416 e. The Kier molecular flexibility index (Phi) is 26.0. The molecule has 0 saturated heterocycles. The number of halogens is 3. The van der Waals surface area contributed by atoms with Crippen molar-refractivity contribution < 1.29 is 41.7 Å². The van der Waals surface area contributed by atoms with Gasteiger partial charge in [0, 0.05) is 32.3 Å². The van der Waals surface area contributed by atoms with Gasteiger partial charge in [-0.3, -0.25) is 0 Å². The molecule has 0 spiro atoms. The first kappa shape index (κ1) is 57.8. The third-order valence-electron chi connectivity index (χ3n) is 11.5. The van der Waals surface area contributed by atoms with Crippen LogP contribution in [0.1, 0.15) is 87.6 Å². The third-order valence-corrected chi connectivity index (χ3v) is 11.5. The summed E-state index contributed by atoms with van der Waals surface area (Å²) in [6.07, 6.45) is 1.58. The Balaban J connectivity index is 0.000000387. The number of methoxy groups -OCH3 is 5. The minimum atomic E-state index is -4.34. The fraction of sp³-hybridized carbons (Fsp3) is 0.509. The Morgan fingerprint density at radius 2 is 1.34 bits per heavy atom. The van der Waals surface area contributed by atoms with Crippen molar-refractivity contribution in [2.75, 3.05) is 82.5 Å². The van der Waals surface area contributed by atoms with Crippen LogP contribution in [0.3, 0.4) is 0 Å². The van der Waals surface area contributed by atoms with Crippen LogP contribution in [-0.2, 0) is 34.0 Å². The van der Waals surface area contributed by atoms with Gasteiger partial charge in [0.15, 0.2) is 23.0 Å². The monoisotopic (exact) mass is 936 g/mol. The van der Waals surface area contributed by atoms with Crippen molar-refractivity contribution in [3.05, 3.63) is 119 Å². The van der Waals surface area contributed by atoms with Crippen molar-refractivity contribution in [3.8, 4) is 29.1 Å². The Bertz CT molecular complexity index is 2060. The summed E-state index contributed by atoms with van der Waals surface area (Å²) in [5, 5.41) is 17.5. The van der Waals surface area contributed by atoms with Crippen LogP contribution in [0.15, 0.2) is 96.2 Å². The molecule has 370 valence electrons. The predicted octanol–water partition coefficient (Wildman–Crippen LogP) is 10.5. The number of hydrogen-bond acceptors (Lipinski definition) is 11. The number of benzene rings is 4. The van der Waals surface area contributed by atoms with Gasteiger partial charge in [-0.25, -0.2) is 0 Å². The highest BCUT2D eigenvalue weighted by atomic mass is 19.4. The maximum absolute atomic E-state index is 12.6. The molecular weight excluding hydrogens is 860 g/mol. The van der Waals surface area contributed by atoms with E-state index in [9.17, 15) is 18.4 Å². The molecule has 3 N–H and O–H groups in total. The van der Waals surface area contributed by atoms with Gasteiger partial charge < -0.3 is 44.5 Å². The lowest BCUT2D eigenvalue weighted by Crippen LogP contribution is -2.38. The molecule has 0 aromatic heterocycles. The van der Waals surface area contributed by atoms with Crippen LogP contribution in [0.4, 0.5) is 13.2 Å². The number of unbranched alkanes of at least 4 members (excludes halogenated alkanes) is 1. The molecule has 4 aromatic carbocycles. The largest absolute Gasteiger partial charge is 0.493 e. The van der Waals surface area contributed by atoms with Gasteiger partial charge in [-0.2, -0.15) is 18.4 Å². The first-order chi connectivity index (χ1) is 32.0. The molecule has 1 atom stereocenters. The zero-order valence-electron chi connectivity index (χ0n) is 41.7. The lowest BCUT2D eigenvalue weighted by atomic mass is 9.69. The van der Waals surface area contributed by atoms with Crippen molar-refractivity contribution in [2.24, 2.45) is 16.8 Å². The number of nitrogens with zero attached hydrogens (tertiary/aromatic N) is 3. The second kappa shape index (κ2) is 30.1. The number of hydrogen-bond donors (Lipinski definition) is 2. The fourth-order valence-electron chi connectivity index (χ4n) is 7.23. The van der Waals surface area contributed by atoms with Crippen LogP contribution in [0.5, 0.6) is 23.0 Å². The van der Waals surface area contributed by atoms with E-state index in [1.165, 1.54) is 23.3 Å². The molecule has 0 aliphatic carbocycles. The van der Waals surface area contributed by atoms with Gasteiger partial charge in [-0.1, -0.05) is 73.6 Å². The lowest BCUT2D eigenvalue weighted by Gasteiger charge is -2.32. The average molecular weight is 936 g/mol. The summed E-state index contributed by atoms with van der Waals surface area (Å²) in [4.78, 5) is 7.38. The first-order valence-corrected chi connectivity index (χ1v) is 22.8. The van der Waals surface area contributed by atoms with Crippen molar-refractivity contribution in [2.45, 2.75) is 89.8 Å².